The molecule has 21 heavy (non-hydrogen) atoms. The van der Waals surface area contributed by atoms with Gasteiger partial charge in [-0.1, -0.05) is 100 Å². The molecule has 0 nitrogen and oxygen atoms in total. The second-order valence-electron chi connectivity index (χ2n) is 7.56. The molecule has 0 aromatic carbocycles. The van der Waals surface area contributed by atoms with Gasteiger partial charge in [0.25, 0.3) is 0 Å². The van der Waals surface area contributed by atoms with Crippen LogP contribution >= 0.6 is 15.9 Å². The first kappa shape index (κ1) is 21.2. The van der Waals surface area contributed by atoms with E-state index in [0.29, 0.717) is 0 Å². The standard InChI is InChI=1S/C20H39Br/c1-17(2)9-6-10-18(3)11-7-12-19(4)13-8-14-20(5)15-16-21/h15,17-19H,6-14,16H2,1-5H3/b20-15-/t18-,19-/m1/s1. The van der Waals surface area contributed by atoms with Gasteiger partial charge in [-0.05, 0) is 37.5 Å². The largest absolute Gasteiger partial charge is 0.0883 e. The van der Waals surface area contributed by atoms with Crippen molar-refractivity contribution in [3.05, 3.63) is 11.6 Å². The Morgan fingerprint density at radius 1 is 0.810 bits per heavy atom. The molecule has 0 radical (unpaired) electrons. The first-order valence-electron chi connectivity index (χ1n) is 9.17. The van der Waals surface area contributed by atoms with Crippen LogP contribution in [0.4, 0.5) is 0 Å². The second kappa shape index (κ2) is 13.9. The first-order valence-corrected chi connectivity index (χ1v) is 10.3. The molecule has 0 saturated heterocycles. The minimum Gasteiger partial charge on any atom is -0.0883 e. The number of rotatable bonds is 13. The maximum absolute atomic E-state index is 3.47. The third kappa shape index (κ3) is 14.9. The summed E-state index contributed by atoms with van der Waals surface area (Å²) in [5.74, 6) is 2.71. The highest BCUT2D eigenvalue weighted by Gasteiger charge is 2.06. The van der Waals surface area contributed by atoms with Crippen LogP contribution in [0, 0.1) is 17.8 Å². The summed E-state index contributed by atoms with van der Waals surface area (Å²) < 4.78 is 0. The zero-order chi connectivity index (χ0) is 16.1. The lowest BCUT2D eigenvalue weighted by Crippen LogP contribution is -2.00. The van der Waals surface area contributed by atoms with Crippen molar-refractivity contribution in [2.24, 2.45) is 17.8 Å². The van der Waals surface area contributed by atoms with E-state index in [-0.39, 0.29) is 0 Å². The van der Waals surface area contributed by atoms with Gasteiger partial charge in [-0.2, -0.15) is 0 Å². The molecule has 126 valence electrons. The summed E-state index contributed by atoms with van der Waals surface area (Å²) in [6.45, 7) is 11.8. The van der Waals surface area contributed by atoms with Crippen molar-refractivity contribution in [1.82, 2.24) is 0 Å². The lowest BCUT2D eigenvalue weighted by Gasteiger charge is -2.15. The first-order chi connectivity index (χ1) is 9.95. The lowest BCUT2D eigenvalue weighted by atomic mass is 9.91. The molecule has 0 amide bonds. The average molecular weight is 359 g/mol. The van der Waals surface area contributed by atoms with Crippen LogP contribution in [0.1, 0.15) is 92.4 Å². The maximum Gasteiger partial charge on any atom is 0.0214 e. The Balaban J connectivity index is 3.52. The summed E-state index contributed by atoms with van der Waals surface area (Å²) in [4.78, 5) is 0. The zero-order valence-corrected chi connectivity index (χ0v) is 16.8. The van der Waals surface area contributed by atoms with Gasteiger partial charge in [0.15, 0.2) is 0 Å². The summed E-state index contributed by atoms with van der Waals surface area (Å²) in [7, 11) is 0. The van der Waals surface area contributed by atoms with E-state index in [1.807, 2.05) is 0 Å². The molecule has 0 aliphatic rings. The third-order valence-corrected chi connectivity index (χ3v) is 4.89. The van der Waals surface area contributed by atoms with Crippen molar-refractivity contribution in [2.45, 2.75) is 92.4 Å². The minimum atomic E-state index is 0.874. The predicted octanol–water partition coefficient (Wildman–Crippen LogP) is 7.77. The van der Waals surface area contributed by atoms with Crippen LogP contribution in [0.3, 0.4) is 0 Å². The number of allylic oxidation sites excluding steroid dienone is 2. The number of hydrogen-bond donors (Lipinski definition) is 0. The predicted molar refractivity (Wildman–Crippen MR) is 102 cm³/mol. The molecule has 0 N–H and O–H groups in total. The molecule has 0 spiro atoms. The summed E-state index contributed by atoms with van der Waals surface area (Å²) in [6, 6.07) is 0. The molecule has 1 heteroatoms. The Morgan fingerprint density at radius 2 is 1.29 bits per heavy atom. The van der Waals surface area contributed by atoms with E-state index in [4.69, 9.17) is 0 Å². The van der Waals surface area contributed by atoms with Crippen LogP contribution in [0.15, 0.2) is 11.6 Å². The molecule has 0 aromatic rings. The van der Waals surface area contributed by atoms with E-state index in [9.17, 15) is 0 Å². The van der Waals surface area contributed by atoms with Gasteiger partial charge >= 0.3 is 0 Å². The number of halogens is 1. The molecular weight excluding hydrogens is 320 g/mol. The highest BCUT2D eigenvalue weighted by molar-refractivity contribution is 9.09. The quantitative estimate of drug-likeness (QED) is 0.233. The lowest BCUT2D eigenvalue weighted by molar-refractivity contribution is 0.389. The fraction of sp³-hybridized carbons (Fsp3) is 0.900. The van der Waals surface area contributed by atoms with Gasteiger partial charge in [0.1, 0.15) is 0 Å². The Morgan fingerprint density at radius 3 is 1.76 bits per heavy atom. The highest BCUT2D eigenvalue weighted by Crippen LogP contribution is 2.22. The van der Waals surface area contributed by atoms with E-state index in [0.717, 1.165) is 23.1 Å². The van der Waals surface area contributed by atoms with Gasteiger partial charge in [-0.3, -0.25) is 0 Å². The van der Waals surface area contributed by atoms with Crippen molar-refractivity contribution >= 4 is 15.9 Å². The average Bonchev–Trinajstić information content (AvgIpc) is 2.38. The molecule has 0 bridgehead atoms. The molecule has 2 atom stereocenters. The second-order valence-corrected chi connectivity index (χ2v) is 8.21. The molecular formula is C20H39Br. The van der Waals surface area contributed by atoms with Gasteiger partial charge in [-0.25, -0.2) is 0 Å². The van der Waals surface area contributed by atoms with Crippen LogP contribution in [-0.2, 0) is 0 Å². The minimum absolute atomic E-state index is 0.874. The molecule has 0 unspecified atom stereocenters. The van der Waals surface area contributed by atoms with Crippen molar-refractivity contribution < 1.29 is 0 Å². The van der Waals surface area contributed by atoms with E-state index in [1.165, 1.54) is 63.4 Å². The van der Waals surface area contributed by atoms with Gasteiger partial charge < -0.3 is 0 Å². The van der Waals surface area contributed by atoms with Gasteiger partial charge in [0, 0.05) is 5.33 Å². The fourth-order valence-electron chi connectivity index (χ4n) is 2.94. The monoisotopic (exact) mass is 358 g/mol. The van der Waals surface area contributed by atoms with E-state index in [2.05, 4.69) is 56.6 Å². The van der Waals surface area contributed by atoms with Crippen LogP contribution in [-0.4, -0.2) is 5.33 Å². The van der Waals surface area contributed by atoms with Gasteiger partial charge in [0.05, 0.1) is 0 Å². The van der Waals surface area contributed by atoms with Crippen LogP contribution < -0.4 is 0 Å². The normalized spacial score (nSPS) is 15.5. The maximum atomic E-state index is 3.47. The van der Waals surface area contributed by atoms with Crippen molar-refractivity contribution in [3.63, 3.8) is 0 Å². The molecule has 0 saturated carbocycles. The van der Waals surface area contributed by atoms with Crippen LogP contribution in [0.2, 0.25) is 0 Å². The molecule has 0 aliphatic carbocycles. The summed E-state index contributed by atoms with van der Waals surface area (Å²) in [6.07, 6.45) is 14.9. The summed E-state index contributed by atoms with van der Waals surface area (Å²) in [5.41, 5.74) is 1.54. The molecule has 0 fully saturated rings. The Hall–Kier alpha value is 0.220. The van der Waals surface area contributed by atoms with E-state index >= 15 is 0 Å². The van der Waals surface area contributed by atoms with Crippen LogP contribution in [0.25, 0.3) is 0 Å². The Labute approximate surface area is 143 Å². The fourth-order valence-corrected chi connectivity index (χ4v) is 3.49. The Kier molecular flexibility index (Phi) is 14.0. The van der Waals surface area contributed by atoms with Gasteiger partial charge in [-0.15, -0.1) is 0 Å². The van der Waals surface area contributed by atoms with Crippen molar-refractivity contribution in [2.75, 3.05) is 5.33 Å². The zero-order valence-electron chi connectivity index (χ0n) is 15.3. The topological polar surface area (TPSA) is 0 Å². The molecule has 0 aromatic heterocycles. The number of alkyl halides is 1. The summed E-state index contributed by atoms with van der Waals surface area (Å²) in [5, 5.41) is 1.00. The highest BCUT2D eigenvalue weighted by atomic mass is 79.9. The van der Waals surface area contributed by atoms with Crippen LogP contribution in [0.5, 0.6) is 0 Å². The molecule has 0 aliphatic heterocycles. The van der Waals surface area contributed by atoms with E-state index < -0.39 is 0 Å². The van der Waals surface area contributed by atoms with Crippen molar-refractivity contribution in [1.29, 1.82) is 0 Å². The molecule has 0 heterocycles. The van der Waals surface area contributed by atoms with E-state index in [1.54, 1.807) is 0 Å². The number of hydrogen-bond acceptors (Lipinski definition) is 0. The van der Waals surface area contributed by atoms with Gasteiger partial charge in [0.2, 0.25) is 0 Å². The van der Waals surface area contributed by atoms with Crippen molar-refractivity contribution in [3.8, 4) is 0 Å². The third-order valence-electron chi connectivity index (χ3n) is 4.57. The Bertz CT molecular complexity index is 255. The molecule has 0 rings (SSSR count). The summed E-state index contributed by atoms with van der Waals surface area (Å²) >= 11 is 3.47. The SMILES string of the molecule is C/C(=C/CBr)CCC[C@H](C)CCC[C@H](C)CCCC(C)C. The smallest absolute Gasteiger partial charge is 0.0214 e.